The maximum absolute atomic E-state index is 5.14. The van der Waals surface area contributed by atoms with E-state index in [1.54, 1.807) is 0 Å². The number of fused-ring (bicyclic) bond motifs is 6. The minimum Gasteiger partial charge on any atom is -0.308 e. The Morgan fingerprint density at radius 2 is 1.04 bits per heavy atom. The minimum absolute atomic E-state index is 0.844. The largest absolute Gasteiger partial charge is 0.308 e. The molecule has 9 rings (SSSR count). The van der Waals surface area contributed by atoms with Crippen LogP contribution in [-0.2, 0) is 0 Å². The molecule has 4 heteroatoms. The van der Waals surface area contributed by atoms with Crippen LogP contribution in [0.1, 0.15) is 0 Å². The van der Waals surface area contributed by atoms with Gasteiger partial charge >= 0.3 is 0 Å². The van der Waals surface area contributed by atoms with Gasteiger partial charge in [0.1, 0.15) is 0 Å². The average molecular weight is 575 g/mol. The van der Waals surface area contributed by atoms with Crippen LogP contribution in [0.4, 0.5) is 0 Å². The lowest BCUT2D eigenvalue weighted by Crippen LogP contribution is -1.95. The van der Waals surface area contributed by atoms with E-state index in [-0.39, 0.29) is 0 Å². The Morgan fingerprint density at radius 3 is 1.87 bits per heavy atom. The monoisotopic (exact) mass is 574 g/mol. The quantitative estimate of drug-likeness (QED) is 0.196. The van der Waals surface area contributed by atoms with Gasteiger partial charge in [-0.2, -0.15) is 0 Å². The first-order valence-corrected chi connectivity index (χ1v) is 15.1. The lowest BCUT2D eigenvalue weighted by molar-refractivity contribution is 1.16. The highest BCUT2D eigenvalue weighted by atomic mass is 15.0. The lowest BCUT2D eigenvalue weighted by Gasteiger charge is -2.12. The van der Waals surface area contributed by atoms with Crippen LogP contribution in [0.3, 0.4) is 0 Å². The summed E-state index contributed by atoms with van der Waals surface area (Å²) in [5, 5.41) is 7.31. The summed E-state index contributed by atoms with van der Waals surface area (Å²) in [5.41, 5.74) is 9.06. The minimum atomic E-state index is 0.844. The Balaban J connectivity index is 1.10. The number of para-hydroxylation sites is 1. The van der Waals surface area contributed by atoms with Crippen molar-refractivity contribution >= 4 is 43.4 Å². The molecule has 0 saturated carbocycles. The van der Waals surface area contributed by atoms with Crippen molar-refractivity contribution < 1.29 is 0 Å². The first-order valence-electron chi connectivity index (χ1n) is 15.1. The molecule has 4 nitrogen and oxygen atoms in total. The molecular weight excluding hydrogens is 548 g/mol. The molecule has 0 atom stereocenters. The van der Waals surface area contributed by atoms with Crippen LogP contribution >= 0.6 is 0 Å². The van der Waals surface area contributed by atoms with Crippen molar-refractivity contribution in [2.45, 2.75) is 0 Å². The molecule has 0 aliphatic rings. The molecule has 5 aromatic carbocycles. The second kappa shape index (κ2) is 10.2. The number of benzene rings is 5. The number of hydrogen-bond donors (Lipinski definition) is 0. The van der Waals surface area contributed by atoms with Gasteiger partial charge in [0.25, 0.3) is 0 Å². The summed E-state index contributed by atoms with van der Waals surface area (Å²) < 4.78 is 2.28. The Morgan fingerprint density at radius 1 is 0.422 bits per heavy atom. The van der Waals surface area contributed by atoms with E-state index in [1.807, 2.05) is 24.5 Å². The average Bonchev–Trinajstić information content (AvgIpc) is 3.46. The molecule has 9 aromatic rings. The van der Waals surface area contributed by atoms with Crippen LogP contribution < -0.4 is 0 Å². The second-order valence-electron chi connectivity index (χ2n) is 11.3. The highest BCUT2D eigenvalue weighted by Crippen LogP contribution is 2.35. The molecule has 0 fully saturated rings. The summed E-state index contributed by atoms with van der Waals surface area (Å²) in [5.74, 6) is 0. The Hall–Kier alpha value is -6.13. The van der Waals surface area contributed by atoms with E-state index in [0.717, 1.165) is 45.1 Å². The van der Waals surface area contributed by atoms with Crippen LogP contribution in [0, 0.1) is 0 Å². The summed E-state index contributed by atoms with van der Waals surface area (Å²) in [6.45, 7) is 0. The fraction of sp³-hybridized carbons (Fsp3) is 0. The van der Waals surface area contributed by atoms with Gasteiger partial charge in [0.05, 0.1) is 40.0 Å². The van der Waals surface area contributed by atoms with Crippen molar-refractivity contribution in [1.82, 2.24) is 19.5 Å². The molecule has 0 saturated heterocycles. The van der Waals surface area contributed by atoms with Crippen LogP contribution in [0.2, 0.25) is 0 Å². The summed E-state index contributed by atoms with van der Waals surface area (Å²) in [7, 11) is 0. The van der Waals surface area contributed by atoms with Gasteiger partial charge in [-0.05, 0) is 76.1 Å². The summed E-state index contributed by atoms with van der Waals surface area (Å²) in [6, 6.07) is 50.9. The molecule has 0 spiro atoms. The smallest absolute Gasteiger partial charge is 0.0893 e. The van der Waals surface area contributed by atoms with Crippen molar-refractivity contribution in [2.75, 3.05) is 0 Å². The van der Waals surface area contributed by atoms with Crippen LogP contribution in [0.15, 0.2) is 158 Å². The molecule has 0 N–H and O–H groups in total. The van der Waals surface area contributed by atoms with Crippen LogP contribution in [0.25, 0.3) is 82.9 Å². The molecule has 4 heterocycles. The highest BCUT2D eigenvalue weighted by Gasteiger charge is 2.14. The van der Waals surface area contributed by atoms with E-state index >= 15 is 0 Å². The molecule has 4 aromatic heterocycles. The third-order valence-corrected chi connectivity index (χ3v) is 8.70. The molecule has 0 unspecified atom stereocenters. The number of rotatable bonds is 4. The molecule has 0 aliphatic carbocycles. The fourth-order valence-electron chi connectivity index (χ4n) is 6.61. The normalized spacial score (nSPS) is 11.6. The number of pyridine rings is 3. The second-order valence-corrected chi connectivity index (χ2v) is 11.3. The molecule has 0 amide bonds. The first-order chi connectivity index (χ1) is 22.3. The zero-order chi connectivity index (χ0) is 29.7. The topological polar surface area (TPSA) is 43.6 Å². The molecule has 45 heavy (non-hydrogen) atoms. The first kappa shape index (κ1) is 25.4. The van der Waals surface area contributed by atoms with E-state index < -0.39 is 0 Å². The van der Waals surface area contributed by atoms with Crippen molar-refractivity contribution in [3.8, 4) is 39.6 Å². The standard InChI is InChI=1S/C41H26N4/c1-2-10-30-28(9-1)25-35(32-12-4-3-11-31(30)32)37-15-8-17-39(44-37)38-16-7-14-36(43-38)27-19-21-29(22-20-27)45-40-18-6-5-13-33(40)34-23-24-42-26-41(34)45/h1-26H. The Labute approximate surface area is 259 Å². The van der Waals surface area contributed by atoms with E-state index in [1.165, 1.54) is 37.8 Å². The van der Waals surface area contributed by atoms with Crippen molar-refractivity contribution in [2.24, 2.45) is 0 Å². The van der Waals surface area contributed by atoms with Gasteiger partial charge in [0, 0.05) is 33.8 Å². The predicted molar refractivity (Wildman–Crippen MR) is 185 cm³/mol. The van der Waals surface area contributed by atoms with Gasteiger partial charge < -0.3 is 4.57 Å². The maximum Gasteiger partial charge on any atom is 0.0893 e. The number of aromatic nitrogens is 4. The van der Waals surface area contributed by atoms with Gasteiger partial charge in [0.15, 0.2) is 0 Å². The summed E-state index contributed by atoms with van der Waals surface area (Å²) in [6.07, 6.45) is 3.80. The Kier molecular flexibility index (Phi) is 5.78. The van der Waals surface area contributed by atoms with E-state index in [4.69, 9.17) is 9.97 Å². The highest BCUT2D eigenvalue weighted by molar-refractivity contribution is 6.13. The zero-order valence-corrected chi connectivity index (χ0v) is 24.3. The predicted octanol–water partition coefficient (Wildman–Crippen LogP) is 10.3. The maximum atomic E-state index is 5.14. The van der Waals surface area contributed by atoms with Gasteiger partial charge in [-0.15, -0.1) is 0 Å². The molecule has 210 valence electrons. The lowest BCUT2D eigenvalue weighted by atomic mass is 9.95. The van der Waals surface area contributed by atoms with Crippen LogP contribution in [-0.4, -0.2) is 19.5 Å². The van der Waals surface area contributed by atoms with Crippen molar-refractivity contribution in [3.05, 3.63) is 158 Å². The van der Waals surface area contributed by atoms with E-state index in [9.17, 15) is 0 Å². The van der Waals surface area contributed by atoms with Crippen LogP contribution in [0.5, 0.6) is 0 Å². The molecule has 0 bridgehead atoms. The Bertz CT molecular complexity index is 2490. The molecular formula is C41H26N4. The third kappa shape index (κ3) is 4.19. The SMILES string of the molecule is c1cc(-c2ccc(-n3c4ccccc4c4ccncc43)cc2)nc(-c2cccc(-c3cc4ccccc4c4ccccc34)n2)c1. The molecule has 0 aliphatic heterocycles. The van der Waals surface area contributed by atoms with E-state index in [2.05, 4.69) is 143 Å². The third-order valence-electron chi connectivity index (χ3n) is 8.70. The summed E-state index contributed by atoms with van der Waals surface area (Å²) in [4.78, 5) is 14.6. The number of hydrogen-bond acceptors (Lipinski definition) is 3. The van der Waals surface area contributed by atoms with Gasteiger partial charge in [-0.1, -0.05) is 91.0 Å². The van der Waals surface area contributed by atoms with Gasteiger partial charge in [-0.3, -0.25) is 4.98 Å². The van der Waals surface area contributed by atoms with Gasteiger partial charge in [-0.25, -0.2) is 9.97 Å². The van der Waals surface area contributed by atoms with Gasteiger partial charge in [0.2, 0.25) is 0 Å². The van der Waals surface area contributed by atoms with E-state index in [0.29, 0.717) is 0 Å². The van der Waals surface area contributed by atoms with Crippen molar-refractivity contribution in [1.29, 1.82) is 0 Å². The zero-order valence-electron chi connectivity index (χ0n) is 24.3. The van der Waals surface area contributed by atoms with Crippen molar-refractivity contribution in [3.63, 3.8) is 0 Å². The fourth-order valence-corrected chi connectivity index (χ4v) is 6.61. The molecule has 0 radical (unpaired) electrons. The number of nitrogens with zero attached hydrogens (tertiary/aromatic N) is 4. The summed E-state index contributed by atoms with van der Waals surface area (Å²) >= 11 is 0.